The summed E-state index contributed by atoms with van der Waals surface area (Å²) in [7, 11) is 0. The standard InChI is InChI=1S/C18H20FN3S/c19-15-6-8-16(9-7-15)21-18(23)20-11-3-12-22-13-10-14-4-1-2-5-17(14)22/h1-2,4-9H,3,10-13H2,(H2,20,21,23). The van der Waals surface area contributed by atoms with Crippen LogP contribution in [0.2, 0.25) is 0 Å². The number of anilines is 2. The minimum absolute atomic E-state index is 0.250. The van der Waals surface area contributed by atoms with Gasteiger partial charge in [0.05, 0.1) is 0 Å². The molecule has 0 spiro atoms. The van der Waals surface area contributed by atoms with E-state index in [4.69, 9.17) is 12.2 Å². The number of halogens is 1. The van der Waals surface area contributed by atoms with Gasteiger partial charge < -0.3 is 15.5 Å². The number of fused-ring (bicyclic) bond motifs is 1. The molecule has 0 fully saturated rings. The van der Waals surface area contributed by atoms with Crippen molar-refractivity contribution in [2.24, 2.45) is 0 Å². The number of nitrogens with zero attached hydrogens (tertiary/aromatic N) is 1. The molecule has 0 unspecified atom stereocenters. The smallest absolute Gasteiger partial charge is 0.170 e. The third kappa shape index (κ3) is 4.20. The first-order valence-corrected chi connectivity index (χ1v) is 8.26. The van der Waals surface area contributed by atoms with Gasteiger partial charge in [0.25, 0.3) is 0 Å². The molecule has 0 saturated carbocycles. The van der Waals surface area contributed by atoms with Gasteiger partial charge in [0, 0.05) is 31.0 Å². The van der Waals surface area contributed by atoms with E-state index in [1.807, 2.05) is 0 Å². The van der Waals surface area contributed by atoms with E-state index in [-0.39, 0.29) is 5.82 Å². The second-order valence-corrected chi connectivity index (χ2v) is 6.02. The highest BCUT2D eigenvalue weighted by atomic mass is 32.1. The number of rotatable bonds is 5. The lowest BCUT2D eigenvalue weighted by Crippen LogP contribution is -2.32. The van der Waals surface area contributed by atoms with E-state index in [9.17, 15) is 4.39 Å². The first-order chi connectivity index (χ1) is 11.2. The number of para-hydroxylation sites is 1. The Balaban J connectivity index is 1.39. The molecule has 2 aromatic carbocycles. The molecule has 2 N–H and O–H groups in total. The van der Waals surface area contributed by atoms with E-state index in [1.165, 1.54) is 23.4 Å². The highest BCUT2D eigenvalue weighted by Crippen LogP contribution is 2.27. The van der Waals surface area contributed by atoms with E-state index in [0.29, 0.717) is 5.11 Å². The van der Waals surface area contributed by atoms with Gasteiger partial charge in [-0.25, -0.2) is 4.39 Å². The van der Waals surface area contributed by atoms with Crippen molar-refractivity contribution in [1.29, 1.82) is 0 Å². The molecular formula is C18H20FN3S. The lowest BCUT2D eigenvalue weighted by Gasteiger charge is -2.19. The molecule has 0 amide bonds. The van der Waals surface area contributed by atoms with Gasteiger partial charge in [-0.3, -0.25) is 0 Å². The van der Waals surface area contributed by atoms with Gasteiger partial charge in [-0.15, -0.1) is 0 Å². The van der Waals surface area contributed by atoms with Crippen LogP contribution < -0.4 is 15.5 Å². The summed E-state index contributed by atoms with van der Waals surface area (Å²) < 4.78 is 12.8. The maximum absolute atomic E-state index is 12.8. The summed E-state index contributed by atoms with van der Waals surface area (Å²) in [5.41, 5.74) is 3.59. The Morgan fingerprint density at radius 2 is 1.91 bits per heavy atom. The topological polar surface area (TPSA) is 27.3 Å². The van der Waals surface area contributed by atoms with Crippen molar-refractivity contribution < 1.29 is 4.39 Å². The average molecular weight is 329 g/mol. The Morgan fingerprint density at radius 3 is 2.74 bits per heavy atom. The van der Waals surface area contributed by atoms with Gasteiger partial charge in [0.15, 0.2) is 5.11 Å². The molecule has 23 heavy (non-hydrogen) atoms. The zero-order valence-electron chi connectivity index (χ0n) is 12.9. The molecule has 0 aliphatic carbocycles. The maximum atomic E-state index is 12.8. The second kappa shape index (κ2) is 7.42. The number of hydrogen-bond donors (Lipinski definition) is 2. The van der Waals surface area contributed by atoms with Crippen molar-refractivity contribution >= 4 is 28.7 Å². The minimum atomic E-state index is -0.250. The lowest BCUT2D eigenvalue weighted by atomic mass is 10.2. The number of hydrogen-bond acceptors (Lipinski definition) is 2. The molecule has 1 heterocycles. The van der Waals surface area contributed by atoms with E-state index >= 15 is 0 Å². The van der Waals surface area contributed by atoms with E-state index in [0.717, 1.165) is 38.2 Å². The average Bonchev–Trinajstić information content (AvgIpc) is 2.97. The minimum Gasteiger partial charge on any atom is -0.371 e. The molecule has 3 rings (SSSR count). The van der Waals surface area contributed by atoms with Gasteiger partial charge in [0.2, 0.25) is 0 Å². The molecule has 0 radical (unpaired) electrons. The van der Waals surface area contributed by atoms with E-state index in [2.05, 4.69) is 39.8 Å². The van der Waals surface area contributed by atoms with Crippen LogP contribution in [-0.4, -0.2) is 24.7 Å². The van der Waals surface area contributed by atoms with Crippen molar-refractivity contribution in [3.8, 4) is 0 Å². The third-order valence-electron chi connectivity index (χ3n) is 3.98. The van der Waals surface area contributed by atoms with Gasteiger partial charge in [-0.05, 0) is 61.0 Å². The summed E-state index contributed by atoms with van der Waals surface area (Å²) in [4.78, 5) is 2.42. The fourth-order valence-corrected chi connectivity index (χ4v) is 3.04. The molecule has 0 saturated heterocycles. The zero-order valence-corrected chi connectivity index (χ0v) is 13.7. The third-order valence-corrected chi connectivity index (χ3v) is 4.22. The SMILES string of the molecule is Fc1ccc(NC(=S)NCCCN2CCc3ccccc32)cc1. The summed E-state index contributed by atoms with van der Waals surface area (Å²) in [6.07, 6.45) is 2.15. The van der Waals surface area contributed by atoms with Gasteiger partial charge in [0.1, 0.15) is 5.82 Å². The molecule has 1 aliphatic heterocycles. The van der Waals surface area contributed by atoms with Crippen LogP contribution in [0.4, 0.5) is 15.8 Å². The van der Waals surface area contributed by atoms with Crippen LogP contribution in [0.5, 0.6) is 0 Å². The summed E-state index contributed by atoms with van der Waals surface area (Å²) in [6, 6.07) is 14.8. The van der Waals surface area contributed by atoms with Crippen molar-refractivity contribution in [3.63, 3.8) is 0 Å². The van der Waals surface area contributed by atoms with Crippen molar-refractivity contribution in [2.45, 2.75) is 12.8 Å². The number of benzene rings is 2. The van der Waals surface area contributed by atoms with E-state index in [1.54, 1.807) is 12.1 Å². The Kier molecular flexibility index (Phi) is 5.08. The van der Waals surface area contributed by atoms with Crippen LogP contribution in [0.3, 0.4) is 0 Å². The van der Waals surface area contributed by atoms with Crippen LogP contribution in [0.1, 0.15) is 12.0 Å². The Hall–Kier alpha value is -2.14. The highest BCUT2D eigenvalue weighted by molar-refractivity contribution is 7.80. The fraction of sp³-hybridized carbons (Fsp3) is 0.278. The monoisotopic (exact) mass is 329 g/mol. The lowest BCUT2D eigenvalue weighted by molar-refractivity contribution is 0.628. The maximum Gasteiger partial charge on any atom is 0.170 e. The van der Waals surface area contributed by atoms with E-state index < -0.39 is 0 Å². The number of thiocarbonyl (C=S) groups is 1. The van der Waals surface area contributed by atoms with Crippen molar-refractivity contribution in [1.82, 2.24) is 5.32 Å². The van der Waals surface area contributed by atoms with Crippen LogP contribution in [-0.2, 0) is 6.42 Å². The predicted octanol–water partition coefficient (Wildman–Crippen LogP) is 3.56. The summed E-state index contributed by atoms with van der Waals surface area (Å²) in [5.74, 6) is -0.250. The van der Waals surface area contributed by atoms with Gasteiger partial charge in [-0.1, -0.05) is 18.2 Å². The quantitative estimate of drug-likeness (QED) is 0.648. The molecule has 1 aliphatic rings. The molecule has 0 bridgehead atoms. The molecule has 0 aromatic heterocycles. The zero-order chi connectivity index (χ0) is 16.1. The molecular weight excluding hydrogens is 309 g/mol. The molecule has 2 aromatic rings. The van der Waals surface area contributed by atoms with Crippen LogP contribution >= 0.6 is 12.2 Å². The Morgan fingerprint density at radius 1 is 1.13 bits per heavy atom. The Bertz CT molecular complexity index is 672. The van der Waals surface area contributed by atoms with Crippen LogP contribution in [0.25, 0.3) is 0 Å². The Labute approximate surface area is 141 Å². The number of nitrogens with one attached hydrogen (secondary N) is 2. The summed E-state index contributed by atoms with van der Waals surface area (Å²) in [6.45, 7) is 2.92. The predicted molar refractivity (Wildman–Crippen MR) is 97.6 cm³/mol. The van der Waals surface area contributed by atoms with Crippen molar-refractivity contribution in [3.05, 3.63) is 59.9 Å². The normalized spacial score (nSPS) is 12.8. The summed E-state index contributed by atoms with van der Waals surface area (Å²) >= 11 is 5.25. The second-order valence-electron chi connectivity index (χ2n) is 5.61. The van der Waals surface area contributed by atoms with Gasteiger partial charge >= 0.3 is 0 Å². The summed E-state index contributed by atoms with van der Waals surface area (Å²) in [5, 5.41) is 6.81. The van der Waals surface area contributed by atoms with Crippen molar-refractivity contribution in [2.75, 3.05) is 29.9 Å². The largest absolute Gasteiger partial charge is 0.371 e. The van der Waals surface area contributed by atoms with Crippen LogP contribution in [0, 0.1) is 5.82 Å². The highest BCUT2D eigenvalue weighted by Gasteiger charge is 2.17. The fourth-order valence-electron chi connectivity index (χ4n) is 2.82. The first kappa shape index (κ1) is 15.7. The molecule has 3 nitrogen and oxygen atoms in total. The molecule has 120 valence electrons. The molecule has 0 atom stereocenters. The first-order valence-electron chi connectivity index (χ1n) is 7.85. The molecule has 5 heteroatoms. The van der Waals surface area contributed by atoms with Crippen LogP contribution in [0.15, 0.2) is 48.5 Å². The van der Waals surface area contributed by atoms with Gasteiger partial charge in [-0.2, -0.15) is 0 Å².